The Morgan fingerprint density at radius 1 is 1.16 bits per heavy atom. The van der Waals surface area contributed by atoms with Crippen LogP contribution in [0, 0.1) is 0 Å². The minimum absolute atomic E-state index is 0.213. The molecule has 1 aliphatic rings. The Hall–Kier alpha value is -2.37. The van der Waals surface area contributed by atoms with Crippen LogP contribution in [0.2, 0.25) is 0 Å². The average molecular weight is 263 g/mol. The maximum atomic E-state index is 11.7. The molecule has 1 heterocycles. The van der Waals surface area contributed by atoms with Crippen LogP contribution < -0.4 is 9.64 Å². The molecule has 100 valence electrons. The summed E-state index contributed by atoms with van der Waals surface area (Å²) >= 11 is 0. The molecule has 0 bridgehead atoms. The number of hydrogen-bond acceptors (Lipinski definition) is 4. The van der Waals surface area contributed by atoms with Crippen molar-refractivity contribution in [3.8, 4) is 5.75 Å². The molecule has 2 rings (SSSR count). The Balaban J connectivity index is 2.11. The molecule has 6 heteroatoms. The number of rotatable bonds is 4. The first kappa shape index (κ1) is 13.1. The zero-order chi connectivity index (χ0) is 13.8. The number of imide groups is 1. The molecular formula is C13H13NO5. The molecule has 2 amide bonds. The highest BCUT2D eigenvalue weighted by Gasteiger charge is 2.27. The summed E-state index contributed by atoms with van der Waals surface area (Å²) in [4.78, 5) is 34.9. The SMILES string of the molecule is O=C(O)COc1ccc(N2C(=O)CCCC2=O)cc1. The van der Waals surface area contributed by atoms with Crippen molar-refractivity contribution in [2.45, 2.75) is 19.3 Å². The number of benzene rings is 1. The molecule has 0 atom stereocenters. The van der Waals surface area contributed by atoms with Crippen molar-refractivity contribution in [3.63, 3.8) is 0 Å². The number of carbonyl (C=O) groups is 3. The molecule has 1 N–H and O–H groups in total. The van der Waals surface area contributed by atoms with E-state index in [0.717, 1.165) is 4.90 Å². The van der Waals surface area contributed by atoms with E-state index in [1.807, 2.05) is 0 Å². The second-order valence-corrected chi connectivity index (χ2v) is 4.15. The summed E-state index contributed by atoms with van der Waals surface area (Å²) in [6.45, 7) is -0.430. The summed E-state index contributed by atoms with van der Waals surface area (Å²) in [5.41, 5.74) is 0.484. The van der Waals surface area contributed by atoms with Crippen LogP contribution in [0.25, 0.3) is 0 Å². The van der Waals surface area contributed by atoms with Gasteiger partial charge in [0.2, 0.25) is 11.8 Å². The second kappa shape index (κ2) is 5.51. The Kier molecular flexibility index (Phi) is 3.79. The summed E-state index contributed by atoms with van der Waals surface area (Å²) in [5.74, 6) is -1.11. The van der Waals surface area contributed by atoms with Crippen LogP contribution in [0.15, 0.2) is 24.3 Å². The third-order valence-electron chi connectivity index (χ3n) is 2.74. The first-order valence-electron chi connectivity index (χ1n) is 5.88. The number of carboxylic acids is 1. The summed E-state index contributed by atoms with van der Waals surface area (Å²) in [6.07, 6.45) is 1.32. The Bertz CT molecular complexity index is 492. The normalized spacial score (nSPS) is 15.5. The van der Waals surface area contributed by atoms with Crippen molar-refractivity contribution < 1.29 is 24.2 Å². The van der Waals surface area contributed by atoms with Gasteiger partial charge in [-0.3, -0.25) is 14.5 Å². The highest BCUT2D eigenvalue weighted by molar-refractivity contribution is 6.16. The minimum Gasteiger partial charge on any atom is -0.482 e. The number of hydrogen-bond donors (Lipinski definition) is 1. The smallest absolute Gasteiger partial charge is 0.341 e. The number of anilines is 1. The molecule has 1 saturated heterocycles. The van der Waals surface area contributed by atoms with Gasteiger partial charge < -0.3 is 9.84 Å². The van der Waals surface area contributed by atoms with Crippen molar-refractivity contribution in [3.05, 3.63) is 24.3 Å². The molecule has 0 unspecified atom stereocenters. The van der Waals surface area contributed by atoms with Gasteiger partial charge in [-0.15, -0.1) is 0 Å². The predicted octanol–water partition coefficient (Wildman–Crippen LogP) is 1.19. The highest BCUT2D eigenvalue weighted by Crippen LogP contribution is 2.24. The number of ether oxygens (including phenoxy) is 1. The van der Waals surface area contributed by atoms with Crippen molar-refractivity contribution in [2.75, 3.05) is 11.5 Å². The van der Waals surface area contributed by atoms with Gasteiger partial charge in [0.25, 0.3) is 0 Å². The number of piperidine rings is 1. The summed E-state index contributed by atoms with van der Waals surface area (Å²) in [7, 11) is 0. The minimum atomic E-state index is -1.06. The molecule has 19 heavy (non-hydrogen) atoms. The molecule has 1 aromatic carbocycles. The van der Waals surface area contributed by atoms with Crippen LogP contribution >= 0.6 is 0 Å². The van der Waals surface area contributed by atoms with Gasteiger partial charge in [0.15, 0.2) is 6.61 Å². The quantitative estimate of drug-likeness (QED) is 0.825. The molecule has 0 spiro atoms. The van der Waals surface area contributed by atoms with Crippen LogP contribution in [0.5, 0.6) is 5.75 Å². The Morgan fingerprint density at radius 2 is 1.74 bits per heavy atom. The fourth-order valence-corrected chi connectivity index (χ4v) is 1.88. The fraction of sp³-hybridized carbons (Fsp3) is 0.308. The lowest BCUT2D eigenvalue weighted by atomic mass is 10.1. The topological polar surface area (TPSA) is 83.9 Å². The van der Waals surface area contributed by atoms with Crippen molar-refractivity contribution in [1.29, 1.82) is 0 Å². The van der Waals surface area contributed by atoms with E-state index < -0.39 is 12.6 Å². The number of amides is 2. The van der Waals surface area contributed by atoms with E-state index in [9.17, 15) is 14.4 Å². The predicted molar refractivity (Wildman–Crippen MR) is 65.9 cm³/mol. The van der Waals surface area contributed by atoms with Gasteiger partial charge >= 0.3 is 5.97 Å². The van der Waals surface area contributed by atoms with Gasteiger partial charge in [-0.05, 0) is 30.7 Å². The molecule has 1 fully saturated rings. The molecule has 6 nitrogen and oxygen atoms in total. The van der Waals surface area contributed by atoms with E-state index in [2.05, 4.69) is 0 Å². The molecule has 1 aromatic rings. The van der Waals surface area contributed by atoms with Crippen LogP contribution in [0.3, 0.4) is 0 Å². The van der Waals surface area contributed by atoms with E-state index in [-0.39, 0.29) is 11.8 Å². The molecule has 0 aromatic heterocycles. The molecule has 0 saturated carbocycles. The van der Waals surface area contributed by atoms with Gasteiger partial charge in [-0.2, -0.15) is 0 Å². The van der Waals surface area contributed by atoms with Gasteiger partial charge in [0.05, 0.1) is 5.69 Å². The van der Waals surface area contributed by atoms with Crippen LogP contribution in [0.1, 0.15) is 19.3 Å². The monoisotopic (exact) mass is 263 g/mol. The Morgan fingerprint density at radius 3 is 2.26 bits per heavy atom. The van der Waals surface area contributed by atoms with Crippen molar-refractivity contribution >= 4 is 23.5 Å². The first-order valence-corrected chi connectivity index (χ1v) is 5.88. The largest absolute Gasteiger partial charge is 0.482 e. The average Bonchev–Trinajstić information content (AvgIpc) is 2.37. The van der Waals surface area contributed by atoms with Gasteiger partial charge in [-0.25, -0.2) is 4.79 Å². The van der Waals surface area contributed by atoms with Crippen LogP contribution in [0.4, 0.5) is 5.69 Å². The maximum Gasteiger partial charge on any atom is 0.341 e. The van der Waals surface area contributed by atoms with Gasteiger partial charge in [-0.1, -0.05) is 0 Å². The number of aliphatic carboxylic acids is 1. The van der Waals surface area contributed by atoms with E-state index in [1.165, 1.54) is 12.1 Å². The van der Waals surface area contributed by atoms with Crippen LogP contribution in [-0.2, 0) is 14.4 Å². The van der Waals surface area contributed by atoms with E-state index in [0.29, 0.717) is 30.7 Å². The lowest BCUT2D eigenvalue weighted by molar-refractivity contribution is -0.139. The van der Waals surface area contributed by atoms with Crippen molar-refractivity contribution in [2.24, 2.45) is 0 Å². The molecule has 0 radical (unpaired) electrons. The third kappa shape index (κ3) is 3.09. The van der Waals surface area contributed by atoms with Gasteiger partial charge in [0.1, 0.15) is 5.75 Å². The van der Waals surface area contributed by atoms with Crippen LogP contribution in [-0.4, -0.2) is 29.5 Å². The maximum absolute atomic E-state index is 11.7. The zero-order valence-corrected chi connectivity index (χ0v) is 10.2. The molecule has 1 aliphatic heterocycles. The Labute approximate surface area is 109 Å². The lowest BCUT2D eigenvalue weighted by Crippen LogP contribution is -2.40. The van der Waals surface area contributed by atoms with E-state index >= 15 is 0 Å². The number of nitrogens with zero attached hydrogens (tertiary/aromatic N) is 1. The lowest BCUT2D eigenvalue weighted by Gasteiger charge is -2.24. The summed E-state index contributed by atoms with van der Waals surface area (Å²) in [5, 5.41) is 8.48. The standard InChI is InChI=1S/C13H13NO5/c15-11-2-1-3-12(16)14(11)9-4-6-10(7-5-9)19-8-13(17)18/h4-7H,1-3,8H2,(H,17,18). The zero-order valence-electron chi connectivity index (χ0n) is 10.2. The highest BCUT2D eigenvalue weighted by atomic mass is 16.5. The number of carboxylic acid groups (broad SMARTS) is 1. The van der Waals surface area contributed by atoms with Gasteiger partial charge in [0, 0.05) is 12.8 Å². The number of carbonyl (C=O) groups excluding carboxylic acids is 2. The van der Waals surface area contributed by atoms with E-state index in [1.54, 1.807) is 12.1 Å². The third-order valence-corrected chi connectivity index (χ3v) is 2.74. The fourth-order valence-electron chi connectivity index (χ4n) is 1.88. The van der Waals surface area contributed by atoms with E-state index in [4.69, 9.17) is 9.84 Å². The van der Waals surface area contributed by atoms with Crippen molar-refractivity contribution in [1.82, 2.24) is 0 Å². The summed E-state index contributed by atoms with van der Waals surface area (Å²) in [6, 6.07) is 6.21. The summed E-state index contributed by atoms with van der Waals surface area (Å²) < 4.78 is 4.98. The second-order valence-electron chi connectivity index (χ2n) is 4.15. The molecular weight excluding hydrogens is 250 g/mol. The molecule has 0 aliphatic carbocycles. The first-order chi connectivity index (χ1) is 9.08.